The summed E-state index contributed by atoms with van der Waals surface area (Å²) >= 11 is 0. The fourth-order valence-electron chi connectivity index (χ4n) is 2.87. The lowest BCUT2D eigenvalue weighted by Crippen LogP contribution is -2.28. The van der Waals surface area contributed by atoms with Crippen LogP contribution in [0.25, 0.3) is 11.4 Å². The third kappa shape index (κ3) is 6.19. The number of aromatic nitrogens is 2. The van der Waals surface area contributed by atoms with Crippen molar-refractivity contribution in [3.63, 3.8) is 0 Å². The molecule has 0 aliphatic rings. The van der Waals surface area contributed by atoms with Gasteiger partial charge >= 0.3 is 0 Å². The molecule has 2 N–H and O–H groups in total. The molecule has 0 aliphatic carbocycles. The van der Waals surface area contributed by atoms with Crippen molar-refractivity contribution in [3.05, 3.63) is 72.6 Å². The number of sulfonamides is 1. The molecule has 31 heavy (non-hydrogen) atoms. The van der Waals surface area contributed by atoms with Crippen molar-refractivity contribution in [2.45, 2.75) is 37.5 Å². The van der Waals surface area contributed by atoms with Gasteiger partial charge in [0.25, 0.3) is 0 Å². The Bertz CT molecular complexity index is 1120. The summed E-state index contributed by atoms with van der Waals surface area (Å²) in [4.78, 5) is 20.8. The van der Waals surface area contributed by atoms with Gasteiger partial charge in [-0.25, -0.2) is 23.1 Å². The minimum atomic E-state index is -3.68. The van der Waals surface area contributed by atoms with E-state index in [1.54, 1.807) is 24.3 Å². The quantitative estimate of drug-likeness (QED) is 0.585. The van der Waals surface area contributed by atoms with E-state index >= 15 is 0 Å². The number of hydrogen-bond donors (Lipinski definition) is 2. The Morgan fingerprint density at radius 1 is 0.935 bits per heavy atom. The van der Waals surface area contributed by atoms with E-state index in [2.05, 4.69) is 40.8 Å². The molecule has 0 fully saturated rings. The van der Waals surface area contributed by atoms with E-state index in [9.17, 15) is 13.2 Å². The van der Waals surface area contributed by atoms with Crippen molar-refractivity contribution in [1.82, 2.24) is 14.7 Å². The number of benzene rings is 2. The number of nitrogens with one attached hydrogen (secondary N) is 2. The summed E-state index contributed by atoms with van der Waals surface area (Å²) in [6.07, 6.45) is 3.03. The van der Waals surface area contributed by atoms with Crippen molar-refractivity contribution in [1.29, 1.82) is 0 Å². The monoisotopic (exact) mass is 438 g/mol. The van der Waals surface area contributed by atoms with Crippen LogP contribution in [-0.4, -0.2) is 30.8 Å². The first kappa shape index (κ1) is 22.6. The highest BCUT2D eigenvalue weighted by Gasteiger charge is 2.17. The summed E-state index contributed by atoms with van der Waals surface area (Å²) in [5, 5.41) is 2.67. The zero-order valence-corrected chi connectivity index (χ0v) is 18.6. The average Bonchev–Trinajstić information content (AvgIpc) is 2.74. The first-order chi connectivity index (χ1) is 14.6. The topological polar surface area (TPSA) is 101 Å². The maximum Gasteiger partial charge on any atom is 0.240 e. The van der Waals surface area contributed by atoms with Gasteiger partial charge in [-0.2, -0.15) is 0 Å². The number of nitrogens with zero attached hydrogens (tertiary/aromatic N) is 2. The Morgan fingerprint density at radius 3 is 2.13 bits per heavy atom. The third-order valence-corrected chi connectivity index (χ3v) is 6.12. The SMILES string of the molecule is CC(C)(C)c1ccc(S(=O)(=O)NCCC(=O)Nc2cnc(-c3ccccc3)nc2)cc1. The molecule has 3 aromatic rings. The summed E-state index contributed by atoms with van der Waals surface area (Å²) in [6.45, 7) is 6.17. The van der Waals surface area contributed by atoms with Crippen LogP contribution in [0.5, 0.6) is 0 Å². The van der Waals surface area contributed by atoms with Gasteiger partial charge in [-0.1, -0.05) is 63.2 Å². The minimum Gasteiger partial charge on any atom is -0.323 e. The number of carbonyl (C=O) groups excluding carboxylic acids is 1. The smallest absolute Gasteiger partial charge is 0.240 e. The molecule has 1 aromatic heterocycles. The molecule has 8 heteroatoms. The fourth-order valence-corrected chi connectivity index (χ4v) is 3.90. The number of hydrogen-bond acceptors (Lipinski definition) is 5. The van der Waals surface area contributed by atoms with Gasteiger partial charge in [0.1, 0.15) is 0 Å². The molecule has 162 valence electrons. The third-order valence-electron chi connectivity index (χ3n) is 4.64. The molecule has 0 aliphatic heterocycles. The molecule has 2 aromatic carbocycles. The van der Waals surface area contributed by atoms with Crippen molar-refractivity contribution in [2.75, 3.05) is 11.9 Å². The van der Waals surface area contributed by atoms with E-state index in [4.69, 9.17) is 0 Å². The molecule has 0 bridgehead atoms. The van der Waals surface area contributed by atoms with E-state index < -0.39 is 10.0 Å². The molecule has 1 amide bonds. The van der Waals surface area contributed by atoms with Crippen LogP contribution in [0.2, 0.25) is 0 Å². The van der Waals surface area contributed by atoms with Crippen LogP contribution >= 0.6 is 0 Å². The molecule has 1 heterocycles. The normalized spacial score (nSPS) is 11.8. The summed E-state index contributed by atoms with van der Waals surface area (Å²) in [7, 11) is -3.68. The summed E-state index contributed by atoms with van der Waals surface area (Å²) in [5.74, 6) is 0.227. The van der Waals surface area contributed by atoms with Crippen molar-refractivity contribution < 1.29 is 13.2 Å². The lowest BCUT2D eigenvalue weighted by molar-refractivity contribution is -0.116. The summed E-state index contributed by atoms with van der Waals surface area (Å²) in [5.41, 5.74) is 2.32. The zero-order valence-electron chi connectivity index (χ0n) is 17.8. The first-order valence-corrected chi connectivity index (χ1v) is 11.4. The number of rotatable bonds is 7. The van der Waals surface area contributed by atoms with Gasteiger partial charge in [0.05, 0.1) is 23.0 Å². The Morgan fingerprint density at radius 2 is 1.55 bits per heavy atom. The van der Waals surface area contributed by atoms with Gasteiger partial charge in [-0.3, -0.25) is 4.79 Å². The van der Waals surface area contributed by atoms with Gasteiger partial charge in [0.2, 0.25) is 15.9 Å². The van der Waals surface area contributed by atoms with Crippen molar-refractivity contribution in [3.8, 4) is 11.4 Å². The molecule has 3 rings (SSSR count). The maximum atomic E-state index is 12.4. The standard InChI is InChI=1S/C23H26N4O3S/c1-23(2,3)18-9-11-20(12-10-18)31(29,30)26-14-13-21(28)27-19-15-24-22(25-16-19)17-7-5-4-6-8-17/h4-12,15-16,26H,13-14H2,1-3H3,(H,27,28). The van der Waals surface area contributed by atoms with Crippen LogP contribution in [0.15, 0.2) is 71.9 Å². The molecule has 7 nitrogen and oxygen atoms in total. The van der Waals surface area contributed by atoms with E-state index in [-0.39, 0.29) is 29.2 Å². The van der Waals surface area contributed by atoms with Crippen LogP contribution in [-0.2, 0) is 20.2 Å². The Labute approximate surface area is 183 Å². The maximum absolute atomic E-state index is 12.4. The molecule has 0 saturated heterocycles. The number of amides is 1. The second kappa shape index (κ2) is 9.36. The number of anilines is 1. The minimum absolute atomic E-state index is 0.0141. The highest BCUT2D eigenvalue weighted by Crippen LogP contribution is 2.23. The van der Waals surface area contributed by atoms with Gasteiger partial charge < -0.3 is 5.32 Å². The van der Waals surface area contributed by atoms with Gasteiger partial charge in [-0.05, 0) is 23.1 Å². The average molecular weight is 439 g/mol. The lowest BCUT2D eigenvalue weighted by Gasteiger charge is -2.19. The van der Waals surface area contributed by atoms with Crippen molar-refractivity contribution >= 4 is 21.6 Å². The molecular formula is C23H26N4O3S. The molecule has 0 saturated carbocycles. The lowest BCUT2D eigenvalue weighted by atomic mass is 9.87. The van der Waals surface area contributed by atoms with E-state index in [0.717, 1.165) is 11.1 Å². The number of carbonyl (C=O) groups is 1. The van der Waals surface area contributed by atoms with Crippen LogP contribution in [0, 0.1) is 0 Å². The molecule has 0 unspecified atom stereocenters. The second-order valence-electron chi connectivity index (χ2n) is 8.13. The zero-order chi connectivity index (χ0) is 22.5. The van der Waals surface area contributed by atoms with Gasteiger partial charge in [0.15, 0.2) is 5.82 Å². The Kier molecular flexibility index (Phi) is 6.82. The highest BCUT2D eigenvalue weighted by atomic mass is 32.2. The predicted molar refractivity (Wildman–Crippen MR) is 121 cm³/mol. The largest absolute Gasteiger partial charge is 0.323 e. The van der Waals surface area contributed by atoms with Crippen molar-refractivity contribution in [2.24, 2.45) is 0 Å². The highest BCUT2D eigenvalue weighted by molar-refractivity contribution is 7.89. The second-order valence-corrected chi connectivity index (χ2v) is 9.90. The summed E-state index contributed by atoms with van der Waals surface area (Å²) < 4.78 is 27.3. The van der Waals surface area contributed by atoms with Crippen LogP contribution in [0.3, 0.4) is 0 Å². The van der Waals surface area contributed by atoms with Gasteiger partial charge in [0, 0.05) is 18.5 Å². The Hall–Kier alpha value is -3.10. The van der Waals surface area contributed by atoms with Crippen LogP contribution < -0.4 is 10.0 Å². The van der Waals surface area contributed by atoms with Crippen LogP contribution in [0.4, 0.5) is 5.69 Å². The van der Waals surface area contributed by atoms with E-state index in [1.807, 2.05) is 30.3 Å². The first-order valence-electron chi connectivity index (χ1n) is 9.93. The molecule has 0 spiro atoms. The van der Waals surface area contributed by atoms with E-state index in [0.29, 0.717) is 11.5 Å². The molecule has 0 radical (unpaired) electrons. The van der Waals surface area contributed by atoms with Crippen LogP contribution in [0.1, 0.15) is 32.8 Å². The fraction of sp³-hybridized carbons (Fsp3) is 0.261. The summed E-state index contributed by atoms with van der Waals surface area (Å²) in [6, 6.07) is 16.3. The molecular weight excluding hydrogens is 412 g/mol. The van der Waals surface area contributed by atoms with E-state index in [1.165, 1.54) is 12.4 Å². The Balaban J connectivity index is 1.51. The van der Waals surface area contributed by atoms with Gasteiger partial charge in [-0.15, -0.1) is 0 Å². The predicted octanol–water partition coefficient (Wildman–Crippen LogP) is 3.75. The molecule has 0 atom stereocenters.